The van der Waals surface area contributed by atoms with Gasteiger partial charge in [-0.1, -0.05) is 24.6 Å². The lowest BCUT2D eigenvalue weighted by Gasteiger charge is -2.37. The van der Waals surface area contributed by atoms with Gasteiger partial charge < -0.3 is 19.7 Å². The molecule has 0 bridgehead atoms. The molecule has 1 aromatic rings. The van der Waals surface area contributed by atoms with Gasteiger partial charge in [0.05, 0.1) is 24.8 Å². The standard InChI is InChI=1S/C17H25ClN2O2/c1-17(11-21-12-17)13-22-16-3-2-14(10-15(16)18)4-7-20-8-5-19-6-9-20/h2-3,10,19H,4-9,11-13H2,1H3. The molecule has 2 aliphatic heterocycles. The summed E-state index contributed by atoms with van der Waals surface area (Å²) in [7, 11) is 0. The maximum atomic E-state index is 6.36. The zero-order chi connectivity index (χ0) is 15.4. The third-order valence-electron chi connectivity index (χ3n) is 4.40. The molecule has 0 unspecified atom stereocenters. The topological polar surface area (TPSA) is 33.7 Å². The molecule has 2 fully saturated rings. The summed E-state index contributed by atoms with van der Waals surface area (Å²) in [5.74, 6) is 0.778. The SMILES string of the molecule is CC1(COc2ccc(CCN3CCNCC3)cc2Cl)COC1. The zero-order valence-electron chi connectivity index (χ0n) is 13.2. The Balaban J connectivity index is 1.50. The number of halogens is 1. The molecule has 4 nitrogen and oxygen atoms in total. The van der Waals surface area contributed by atoms with Crippen LogP contribution in [-0.2, 0) is 11.2 Å². The van der Waals surface area contributed by atoms with Gasteiger partial charge in [-0.2, -0.15) is 0 Å². The third-order valence-corrected chi connectivity index (χ3v) is 4.70. The number of ether oxygens (including phenoxy) is 2. The summed E-state index contributed by atoms with van der Waals surface area (Å²) in [6.07, 6.45) is 1.03. The highest BCUT2D eigenvalue weighted by molar-refractivity contribution is 6.32. The maximum absolute atomic E-state index is 6.36. The summed E-state index contributed by atoms with van der Waals surface area (Å²) in [6.45, 7) is 9.92. The fraction of sp³-hybridized carbons (Fsp3) is 0.647. The fourth-order valence-corrected chi connectivity index (χ4v) is 3.08. The molecule has 22 heavy (non-hydrogen) atoms. The van der Waals surface area contributed by atoms with E-state index in [1.807, 2.05) is 12.1 Å². The maximum Gasteiger partial charge on any atom is 0.137 e. The molecule has 1 N–H and O–H groups in total. The molecule has 0 aliphatic carbocycles. The molecule has 5 heteroatoms. The molecule has 0 atom stereocenters. The van der Waals surface area contributed by atoms with Gasteiger partial charge in [-0.05, 0) is 24.1 Å². The molecule has 122 valence electrons. The van der Waals surface area contributed by atoms with Crippen molar-refractivity contribution in [1.29, 1.82) is 0 Å². The first-order chi connectivity index (χ1) is 10.6. The van der Waals surface area contributed by atoms with Crippen LogP contribution in [0.25, 0.3) is 0 Å². The number of benzene rings is 1. The van der Waals surface area contributed by atoms with Gasteiger partial charge in [0, 0.05) is 38.1 Å². The van der Waals surface area contributed by atoms with E-state index in [1.54, 1.807) is 0 Å². The molecule has 1 aromatic carbocycles. The Bertz CT molecular complexity index is 499. The van der Waals surface area contributed by atoms with Crippen LogP contribution in [0.1, 0.15) is 12.5 Å². The minimum atomic E-state index is 0.143. The number of piperazine rings is 1. The summed E-state index contributed by atoms with van der Waals surface area (Å²) in [6, 6.07) is 6.17. The van der Waals surface area contributed by atoms with Crippen molar-refractivity contribution in [3.05, 3.63) is 28.8 Å². The van der Waals surface area contributed by atoms with Gasteiger partial charge in [-0.25, -0.2) is 0 Å². The van der Waals surface area contributed by atoms with Crippen molar-refractivity contribution < 1.29 is 9.47 Å². The Morgan fingerprint density at radius 2 is 2.09 bits per heavy atom. The Morgan fingerprint density at radius 1 is 1.32 bits per heavy atom. The van der Waals surface area contributed by atoms with Crippen LogP contribution in [0.3, 0.4) is 0 Å². The second kappa shape index (κ2) is 7.18. The molecule has 3 rings (SSSR count). The van der Waals surface area contributed by atoms with E-state index < -0.39 is 0 Å². The van der Waals surface area contributed by atoms with E-state index in [2.05, 4.69) is 23.2 Å². The molecule has 0 aromatic heterocycles. The lowest BCUT2D eigenvalue weighted by molar-refractivity contribution is -0.120. The molecule has 0 saturated carbocycles. The monoisotopic (exact) mass is 324 g/mol. The molecular weight excluding hydrogens is 300 g/mol. The minimum Gasteiger partial charge on any atom is -0.491 e. The zero-order valence-corrected chi connectivity index (χ0v) is 14.0. The van der Waals surface area contributed by atoms with Crippen LogP contribution in [0.2, 0.25) is 5.02 Å². The van der Waals surface area contributed by atoms with Crippen molar-refractivity contribution in [2.24, 2.45) is 5.41 Å². The van der Waals surface area contributed by atoms with Crippen molar-refractivity contribution in [1.82, 2.24) is 10.2 Å². The third kappa shape index (κ3) is 4.13. The first-order valence-electron chi connectivity index (χ1n) is 8.07. The van der Waals surface area contributed by atoms with Crippen LogP contribution in [-0.4, -0.2) is 57.4 Å². The van der Waals surface area contributed by atoms with E-state index in [0.717, 1.165) is 58.1 Å². The lowest BCUT2D eigenvalue weighted by Crippen LogP contribution is -2.44. The fourth-order valence-electron chi connectivity index (χ4n) is 2.82. The van der Waals surface area contributed by atoms with Crippen LogP contribution < -0.4 is 10.1 Å². The smallest absolute Gasteiger partial charge is 0.137 e. The Kier molecular flexibility index (Phi) is 5.24. The van der Waals surface area contributed by atoms with Crippen molar-refractivity contribution in [3.63, 3.8) is 0 Å². The normalized spacial score (nSPS) is 21.4. The molecule has 2 aliphatic rings. The van der Waals surface area contributed by atoms with E-state index in [-0.39, 0.29) is 5.41 Å². The van der Waals surface area contributed by atoms with Crippen LogP contribution >= 0.6 is 11.6 Å². The van der Waals surface area contributed by atoms with Gasteiger partial charge in [-0.3, -0.25) is 0 Å². The van der Waals surface area contributed by atoms with Crippen molar-refractivity contribution in [2.45, 2.75) is 13.3 Å². The number of hydrogen-bond acceptors (Lipinski definition) is 4. The second-order valence-corrected chi connectivity index (χ2v) is 7.11. The molecule has 0 spiro atoms. The number of hydrogen-bond donors (Lipinski definition) is 1. The first-order valence-corrected chi connectivity index (χ1v) is 8.45. The average Bonchev–Trinajstić information content (AvgIpc) is 2.51. The first kappa shape index (κ1) is 16.1. The number of nitrogens with zero attached hydrogens (tertiary/aromatic N) is 1. The van der Waals surface area contributed by atoms with Gasteiger partial charge in [0.15, 0.2) is 0 Å². The lowest BCUT2D eigenvalue weighted by atomic mass is 9.90. The Hall–Kier alpha value is -0.810. The van der Waals surface area contributed by atoms with Crippen LogP contribution in [0.5, 0.6) is 5.75 Å². The van der Waals surface area contributed by atoms with Gasteiger partial charge in [0.1, 0.15) is 5.75 Å². The predicted molar refractivity (Wildman–Crippen MR) is 88.9 cm³/mol. The molecule has 0 radical (unpaired) electrons. The van der Waals surface area contributed by atoms with Gasteiger partial charge >= 0.3 is 0 Å². The van der Waals surface area contributed by atoms with E-state index >= 15 is 0 Å². The number of rotatable bonds is 6. The van der Waals surface area contributed by atoms with Crippen molar-refractivity contribution >= 4 is 11.6 Å². The van der Waals surface area contributed by atoms with Crippen LogP contribution in [0.4, 0.5) is 0 Å². The summed E-state index contributed by atoms with van der Waals surface area (Å²) < 4.78 is 11.1. The Morgan fingerprint density at radius 3 is 2.73 bits per heavy atom. The number of nitrogens with one attached hydrogen (secondary N) is 1. The average molecular weight is 325 g/mol. The molecule has 2 heterocycles. The van der Waals surface area contributed by atoms with E-state index in [4.69, 9.17) is 21.1 Å². The summed E-state index contributed by atoms with van der Waals surface area (Å²) >= 11 is 6.36. The minimum absolute atomic E-state index is 0.143. The Labute approximate surface area is 137 Å². The molecular formula is C17H25ClN2O2. The van der Waals surface area contributed by atoms with E-state index in [1.165, 1.54) is 5.56 Å². The highest BCUT2D eigenvalue weighted by Gasteiger charge is 2.34. The second-order valence-electron chi connectivity index (χ2n) is 6.70. The summed E-state index contributed by atoms with van der Waals surface area (Å²) in [5.41, 5.74) is 1.42. The predicted octanol–water partition coefficient (Wildman–Crippen LogP) is 2.20. The van der Waals surface area contributed by atoms with E-state index in [9.17, 15) is 0 Å². The van der Waals surface area contributed by atoms with Gasteiger partial charge in [-0.15, -0.1) is 0 Å². The highest BCUT2D eigenvalue weighted by Crippen LogP contribution is 2.31. The van der Waals surface area contributed by atoms with Crippen molar-refractivity contribution in [2.75, 3.05) is 52.5 Å². The van der Waals surface area contributed by atoms with E-state index in [0.29, 0.717) is 11.6 Å². The molecule has 0 amide bonds. The summed E-state index contributed by atoms with van der Waals surface area (Å²) in [5, 5.41) is 4.09. The van der Waals surface area contributed by atoms with Crippen LogP contribution in [0, 0.1) is 5.41 Å². The highest BCUT2D eigenvalue weighted by atomic mass is 35.5. The molecule has 2 saturated heterocycles. The van der Waals surface area contributed by atoms with Gasteiger partial charge in [0.25, 0.3) is 0 Å². The van der Waals surface area contributed by atoms with Gasteiger partial charge in [0.2, 0.25) is 0 Å². The van der Waals surface area contributed by atoms with Crippen molar-refractivity contribution in [3.8, 4) is 5.75 Å². The summed E-state index contributed by atoms with van der Waals surface area (Å²) in [4.78, 5) is 2.49. The quantitative estimate of drug-likeness (QED) is 0.870. The van der Waals surface area contributed by atoms with Crippen LogP contribution in [0.15, 0.2) is 18.2 Å². The largest absolute Gasteiger partial charge is 0.491 e.